The Kier molecular flexibility index (Phi) is 7.42. The van der Waals surface area contributed by atoms with E-state index in [9.17, 15) is 15.3 Å². The van der Waals surface area contributed by atoms with Crippen LogP contribution in [0.3, 0.4) is 0 Å². The first-order valence-corrected chi connectivity index (χ1v) is 10.3. The third-order valence-electron chi connectivity index (χ3n) is 4.47. The Hall–Kier alpha value is -3.62. The lowest BCUT2D eigenvalue weighted by Crippen LogP contribution is -2.03. The molecule has 0 amide bonds. The maximum absolute atomic E-state index is 12.6. The first kappa shape index (κ1) is 22.1. The van der Waals surface area contributed by atoms with Gasteiger partial charge < -0.3 is 9.47 Å². The fourth-order valence-electron chi connectivity index (χ4n) is 2.93. The number of hydrogen-bond acceptors (Lipinski definition) is 5. The molecular formula is C25H17IN2O3. The minimum absolute atomic E-state index is 0.0284. The van der Waals surface area contributed by atoms with Gasteiger partial charge in [-0.15, -0.1) is 0 Å². The molecule has 0 N–H and O–H groups in total. The predicted octanol–water partition coefficient (Wildman–Crippen LogP) is 5.54. The molecule has 31 heavy (non-hydrogen) atoms. The second-order valence-electron chi connectivity index (χ2n) is 6.46. The van der Waals surface area contributed by atoms with Gasteiger partial charge in [0, 0.05) is 11.1 Å². The number of hydrogen-bond donors (Lipinski definition) is 0. The van der Waals surface area contributed by atoms with Crippen molar-refractivity contribution in [2.75, 3.05) is 7.11 Å². The minimum Gasteiger partial charge on any atom is -0.493 e. The van der Waals surface area contributed by atoms with Gasteiger partial charge in [-0.3, -0.25) is 4.79 Å². The van der Waals surface area contributed by atoms with E-state index in [0.29, 0.717) is 28.2 Å². The van der Waals surface area contributed by atoms with E-state index in [1.54, 1.807) is 42.5 Å². The van der Waals surface area contributed by atoms with Crippen LogP contribution in [0.4, 0.5) is 0 Å². The predicted molar refractivity (Wildman–Crippen MR) is 126 cm³/mol. The molecule has 0 saturated carbocycles. The summed E-state index contributed by atoms with van der Waals surface area (Å²) in [6.45, 7) is 0.210. The number of carbonyl (C=O) groups excluding carboxylic acids is 1. The molecule has 0 aromatic heterocycles. The molecule has 0 unspecified atom stereocenters. The van der Waals surface area contributed by atoms with E-state index in [2.05, 4.69) is 28.7 Å². The lowest BCUT2D eigenvalue weighted by molar-refractivity contribution is 0.104. The molecular weight excluding hydrogens is 503 g/mol. The maximum atomic E-state index is 12.6. The second kappa shape index (κ2) is 10.4. The Morgan fingerprint density at radius 2 is 1.77 bits per heavy atom. The van der Waals surface area contributed by atoms with E-state index in [1.807, 2.05) is 30.3 Å². The van der Waals surface area contributed by atoms with E-state index < -0.39 is 0 Å². The molecule has 3 aromatic carbocycles. The molecule has 5 nitrogen and oxygen atoms in total. The summed E-state index contributed by atoms with van der Waals surface area (Å²) in [5, 5.41) is 18.8. The van der Waals surface area contributed by atoms with Crippen LogP contribution in [0.15, 0.2) is 72.3 Å². The van der Waals surface area contributed by atoms with Crippen LogP contribution in [0, 0.1) is 26.2 Å². The Bertz CT molecular complexity index is 1220. The average Bonchev–Trinajstić information content (AvgIpc) is 2.81. The van der Waals surface area contributed by atoms with Crippen molar-refractivity contribution >= 4 is 34.5 Å². The van der Waals surface area contributed by atoms with Gasteiger partial charge >= 0.3 is 0 Å². The molecule has 0 fully saturated rings. The number of ether oxygens (including phenoxy) is 2. The van der Waals surface area contributed by atoms with Gasteiger partial charge in [-0.2, -0.15) is 10.5 Å². The Labute approximate surface area is 194 Å². The summed E-state index contributed by atoms with van der Waals surface area (Å²) in [4.78, 5) is 12.6. The van der Waals surface area contributed by atoms with Crippen molar-refractivity contribution in [2.24, 2.45) is 0 Å². The summed E-state index contributed by atoms with van der Waals surface area (Å²) >= 11 is 2.12. The van der Waals surface area contributed by atoms with Gasteiger partial charge in [-0.25, -0.2) is 0 Å². The van der Waals surface area contributed by atoms with Crippen LogP contribution in [-0.4, -0.2) is 12.9 Å². The van der Waals surface area contributed by atoms with Crippen molar-refractivity contribution in [2.45, 2.75) is 6.61 Å². The largest absolute Gasteiger partial charge is 0.493 e. The van der Waals surface area contributed by atoms with E-state index in [-0.39, 0.29) is 18.0 Å². The smallest absolute Gasteiger partial charge is 0.203 e. The number of allylic oxidation sites excluding steroid dienone is 1. The third-order valence-corrected chi connectivity index (χ3v) is 5.27. The summed E-state index contributed by atoms with van der Waals surface area (Å²) in [6.07, 6.45) is 1.54. The molecule has 0 bridgehead atoms. The summed E-state index contributed by atoms with van der Waals surface area (Å²) in [7, 11) is 1.52. The highest BCUT2D eigenvalue weighted by molar-refractivity contribution is 14.1. The molecule has 0 aliphatic carbocycles. The summed E-state index contributed by atoms with van der Waals surface area (Å²) in [5.74, 6) is 0.656. The van der Waals surface area contributed by atoms with Crippen molar-refractivity contribution in [3.63, 3.8) is 0 Å². The molecule has 3 rings (SSSR count). The standard InChI is InChI=1S/C25H17IN2O3/c1-30-23-13-17(11-21(15-28)24(29)18-7-3-2-4-8-18)12-22(26)25(23)31-16-20-10-6-5-9-19(20)14-27/h2-13H,16H2,1H3/b21-11+. The zero-order chi connectivity index (χ0) is 22.2. The number of methoxy groups -OCH3 is 1. The lowest BCUT2D eigenvalue weighted by atomic mass is 10.0. The quantitative estimate of drug-likeness (QED) is 0.177. The first-order chi connectivity index (χ1) is 15.1. The van der Waals surface area contributed by atoms with Crippen LogP contribution < -0.4 is 9.47 Å². The fourth-order valence-corrected chi connectivity index (χ4v) is 3.71. The fraction of sp³-hybridized carbons (Fsp3) is 0.0800. The number of nitriles is 2. The highest BCUT2D eigenvalue weighted by atomic mass is 127. The van der Waals surface area contributed by atoms with Crippen LogP contribution >= 0.6 is 22.6 Å². The lowest BCUT2D eigenvalue weighted by Gasteiger charge is -2.14. The number of carbonyl (C=O) groups is 1. The van der Waals surface area contributed by atoms with Gasteiger partial charge in [0.05, 0.1) is 22.3 Å². The number of benzene rings is 3. The number of rotatable bonds is 7. The molecule has 0 atom stereocenters. The number of halogens is 1. The van der Waals surface area contributed by atoms with Crippen molar-refractivity contribution < 1.29 is 14.3 Å². The number of Topliss-reactive ketones (excluding diaryl/α,β-unsaturated/α-hetero) is 1. The molecule has 3 aromatic rings. The first-order valence-electron chi connectivity index (χ1n) is 9.27. The van der Waals surface area contributed by atoms with E-state index in [0.717, 1.165) is 9.13 Å². The van der Waals surface area contributed by atoms with Gasteiger partial charge in [-0.1, -0.05) is 48.5 Å². The van der Waals surface area contributed by atoms with E-state index in [4.69, 9.17) is 9.47 Å². The molecule has 0 heterocycles. The Morgan fingerprint density at radius 1 is 1.06 bits per heavy atom. The van der Waals surface area contributed by atoms with Crippen LogP contribution in [0.2, 0.25) is 0 Å². The van der Waals surface area contributed by atoms with Crippen molar-refractivity contribution in [3.05, 3.63) is 98.1 Å². The average molecular weight is 520 g/mol. The highest BCUT2D eigenvalue weighted by Crippen LogP contribution is 2.35. The van der Waals surface area contributed by atoms with Gasteiger partial charge in [0.15, 0.2) is 11.5 Å². The van der Waals surface area contributed by atoms with Crippen LogP contribution in [0.25, 0.3) is 6.08 Å². The zero-order valence-corrected chi connectivity index (χ0v) is 18.8. The molecule has 6 heteroatoms. The van der Waals surface area contributed by atoms with Crippen molar-refractivity contribution in [1.82, 2.24) is 0 Å². The summed E-state index contributed by atoms with van der Waals surface area (Å²) in [5.41, 5.74) is 2.45. The monoisotopic (exact) mass is 520 g/mol. The normalized spacial score (nSPS) is 10.6. The van der Waals surface area contributed by atoms with Crippen LogP contribution in [0.1, 0.15) is 27.0 Å². The van der Waals surface area contributed by atoms with Gasteiger partial charge in [0.2, 0.25) is 5.78 Å². The molecule has 152 valence electrons. The zero-order valence-electron chi connectivity index (χ0n) is 16.6. The summed E-state index contributed by atoms with van der Waals surface area (Å²) < 4.78 is 12.2. The van der Waals surface area contributed by atoms with E-state index in [1.165, 1.54) is 13.2 Å². The molecule has 0 saturated heterocycles. The maximum Gasteiger partial charge on any atom is 0.203 e. The van der Waals surface area contributed by atoms with Gasteiger partial charge in [0.1, 0.15) is 18.2 Å². The van der Waals surface area contributed by atoms with Gasteiger partial charge in [-0.05, 0) is 52.4 Å². The Balaban J connectivity index is 1.90. The van der Waals surface area contributed by atoms with E-state index >= 15 is 0 Å². The van der Waals surface area contributed by atoms with Crippen LogP contribution in [0.5, 0.6) is 11.5 Å². The number of ketones is 1. The minimum atomic E-state index is -0.342. The topological polar surface area (TPSA) is 83.1 Å². The molecule has 0 spiro atoms. The highest BCUT2D eigenvalue weighted by Gasteiger charge is 2.15. The SMILES string of the molecule is COc1cc(/C=C(\C#N)C(=O)c2ccccc2)cc(I)c1OCc1ccccc1C#N. The van der Waals surface area contributed by atoms with Crippen molar-refractivity contribution in [1.29, 1.82) is 10.5 Å². The van der Waals surface area contributed by atoms with Gasteiger partial charge in [0.25, 0.3) is 0 Å². The molecule has 0 aliphatic rings. The Morgan fingerprint density at radius 3 is 2.45 bits per heavy atom. The number of nitrogens with zero attached hydrogens (tertiary/aromatic N) is 2. The molecule has 0 radical (unpaired) electrons. The second-order valence-corrected chi connectivity index (χ2v) is 7.62. The third kappa shape index (κ3) is 5.30. The van der Waals surface area contributed by atoms with Crippen molar-refractivity contribution in [3.8, 4) is 23.6 Å². The summed E-state index contributed by atoms with van der Waals surface area (Å²) in [6, 6.07) is 23.6. The molecule has 0 aliphatic heterocycles. The van der Waals surface area contributed by atoms with Crippen LogP contribution in [-0.2, 0) is 6.61 Å².